The van der Waals surface area contributed by atoms with Crippen LogP contribution in [0.3, 0.4) is 0 Å². The lowest BCUT2D eigenvalue weighted by molar-refractivity contribution is -0.132. The Balaban J connectivity index is 1.26. The largest absolute Gasteiger partial charge is 0.391 e. The number of aliphatic hydroxyl groups excluding tert-OH is 2. The van der Waals surface area contributed by atoms with Crippen molar-refractivity contribution in [2.45, 2.75) is 37.9 Å². The number of piperidine rings is 1. The fourth-order valence-corrected chi connectivity index (χ4v) is 4.95. The Morgan fingerprint density at radius 1 is 1.21 bits per heavy atom. The van der Waals surface area contributed by atoms with Crippen LogP contribution in [0.15, 0.2) is 24.3 Å². The van der Waals surface area contributed by atoms with Gasteiger partial charge in [0.05, 0.1) is 17.2 Å². The van der Waals surface area contributed by atoms with E-state index in [2.05, 4.69) is 4.90 Å². The quantitative estimate of drug-likeness (QED) is 0.607. The molecule has 2 atom stereocenters. The Morgan fingerprint density at radius 2 is 2.00 bits per heavy atom. The van der Waals surface area contributed by atoms with Gasteiger partial charge in [-0.25, -0.2) is 4.39 Å². The van der Waals surface area contributed by atoms with Gasteiger partial charge in [0.25, 0.3) is 0 Å². The van der Waals surface area contributed by atoms with E-state index < -0.39 is 11.9 Å². The second kappa shape index (κ2) is 10.1. The lowest BCUT2D eigenvalue weighted by Crippen LogP contribution is -2.49. The number of carbonyl (C=O) groups excluding carboxylic acids is 2. The average Bonchev–Trinajstić information content (AvgIpc) is 3.58. The number of aliphatic hydroxyl groups is 2. The van der Waals surface area contributed by atoms with Crippen LogP contribution in [-0.4, -0.2) is 94.7 Å². The Morgan fingerprint density at radius 3 is 2.70 bits per heavy atom. The Kier molecular flexibility index (Phi) is 7.38. The summed E-state index contributed by atoms with van der Waals surface area (Å²) in [5.74, 6) is -0.840. The van der Waals surface area contributed by atoms with E-state index >= 15 is 0 Å². The second-order valence-electron chi connectivity index (χ2n) is 9.46. The number of carbonyl (C=O) groups is 2. The molecule has 7 nitrogen and oxygen atoms in total. The number of amides is 2. The van der Waals surface area contributed by atoms with Crippen molar-refractivity contribution in [1.29, 1.82) is 0 Å². The summed E-state index contributed by atoms with van der Waals surface area (Å²) >= 11 is 5.77. The summed E-state index contributed by atoms with van der Waals surface area (Å²) in [6, 6.07) is 4.22. The molecule has 2 aliphatic heterocycles. The van der Waals surface area contributed by atoms with Crippen LogP contribution in [0.2, 0.25) is 5.02 Å². The summed E-state index contributed by atoms with van der Waals surface area (Å²) in [6.45, 7) is 3.08. The van der Waals surface area contributed by atoms with Crippen molar-refractivity contribution < 1.29 is 24.2 Å². The molecule has 3 aliphatic rings. The van der Waals surface area contributed by atoms with Crippen molar-refractivity contribution in [2.24, 2.45) is 5.41 Å². The van der Waals surface area contributed by atoms with Crippen molar-refractivity contribution in [2.75, 3.05) is 45.8 Å². The van der Waals surface area contributed by atoms with Gasteiger partial charge >= 0.3 is 0 Å². The first-order chi connectivity index (χ1) is 15.8. The fourth-order valence-electron chi connectivity index (χ4n) is 4.77. The molecular weight excluding hydrogens is 449 g/mol. The summed E-state index contributed by atoms with van der Waals surface area (Å²) in [6.07, 6.45) is 5.26. The summed E-state index contributed by atoms with van der Waals surface area (Å²) in [5.41, 5.74) is 0.733. The van der Waals surface area contributed by atoms with Gasteiger partial charge in [0.1, 0.15) is 5.82 Å². The van der Waals surface area contributed by atoms with Gasteiger partial charge in [0.15, 0.2) is 0 Å². The first-order valence-corrected chi connectivity index (χ1v) is 11.9. The number of halogens is 2. The molecule has 2 saturated heterocycles. The number of β-amino-alcohol motifs (C(OH)–C–C–N with tert-alkyl or cyclic N) is 2. The number of hydrogen-bond donors (Lipinski definition) is 2. The minimum atomic E-state index is -0.709. The van der Waals surface area contributed by atoms with Crippen LogP contribution < -0.4 is 0 Å². The van der Waals surface area contributed by atoms with Gasteiger partial charge in [0.2, 0.25) is 11.8 Å². The Labute approximate surface area is 198 Å². The van der Waals surface area contributed by atoms with Crippen LogP contribution in [0.25, 0.3) is 6.08 Å². The molecule has 1 saturated carbocycles. The molecule has 2 amide bonds. The maximum Gasteiger partial charge on any atom is 0.246 e. The third-order valence-corrected chi connectivity index (χ3v) is 7.41. The van der Waals surface area contributed by atoms with E-state index in [1.165, 1.54) is 24.3 Å². The Hall–Kier alpha value is -2.00. The number of benzene rings is 1. The van der Waals surface area contributed by atoms with Crippen LogP contribution in [0.5, 0.6) is 0 Å². The number of hydrogen-bond acceptors (Lipinski definition) is 5. The number of nitrogens with zero attached hydrogens (tertiary/aromatic N) is 3. The standard InChI is InChI=1S/C24H31ClFN3O4/c25-19-13-17(1-3-20(19)26)2-4-22(32)28-9-5-23(33)29(12-11-28)15-18(30)14-27-10-8-24(6-7-24)21(31)16-27/h1-4,13,18,21,30-31H,5-12,14-16H2/t18-,21?/m0/s1. The van der Waals surface area contributed by atoms with Crippen molar-refractivity contribution >= 4 is 29.5 Å². The Bertz CT molecular complexity index is 923. The number of likely N-dealkylation sites (tertiary alicyclic amines) is 1. The average molecular weight is 480 g/mol. The van der Waals surface area contributed by atoms with Crippen molar-refractivity contribution in [3.05, 3.63) is 40.7 Å². The summed E-state index contributed by atoms with van der Waals surface area (Å²) < 4.78 is 13.3. The molecule has 2 N–H and O–H groups in total. The molecular formula is C24H31ClFN3O4. The van der Waals surface area contributed by atoms with Crippen LogP contribution >= 0.6 is 11.6 Å². The van der Waals surface area contributed by atoms with E-state index in [9.17, 15) is 24.2 Å². The predicted molar refractivity (Wildman–Crippen MR) is 123 cm³/mol. The molecule has 4 rings (SSSR count). The molecule has 3 fully saturated rings. The monoisotopic (exact) mass is 479 g/mol. The molecule has 9 heteroatoms. The van der Waals surface area contributed by atoms with Gasteiger partial charge in [-0.2, -0.15) is 0 Å². The van der Waals surface area contributed by atoms with Gasteiger partial charge in [-0.1, -0.05) is 17.7 Å². The van der Waals surface area contributed by atoms with E-state index in [0.717, 1.165) is 25.8 Å². The van der Waals surface area contributed by atoms with Gasteiger partial charge < -0.3 is 20.0 Å². The molecule has 0 radical (unpaired) electrons. The zero-order chi connectivity index (χ0) is 23.6. The summed E-state index contributed by atoms with van der Waals surface area (Å²) in [4.78, 5) is 30.4. The van der Waals surface area contributed by atoms with E-state index in [1.54, 1.807) is 15.9 Å². The maximum absolute atomic E-state index is 13.3. The van der Waals surface area contributed by atoms with Crippen molar-refractivity contribution in [3.63, 3.8) is 0 Å². The maximum atomic E-state index is 13.3. The van der Waals surface area contributed by atoms with E-state index in [1.807, 2.05) is 0 Å². The third kappa shape index (κ3) is 5.93. The molecule has 180 valence electrons. The molecule has 1 aromatic rings. The predicted octanol–water partition coefficient (Wildman–Crippen LogP) is 1.76. The van der Waals surface area contributed by atoms with Crippen LogP contribution in [-0.2, 0) is 9.59 Å². The first-order valence-electron chi connectivity index (χ1n) is 11.5. The highest BCUT2D eigenvalue weighted by Crippen LogP contribution is 2.53. The molecule has 1 aromatic carbocycles. The highest BCUT2D eigenvalue weighted by Gasteiger charge is 2.51. The zero-order valence-electron chi connectivity index (χ0n) is 18.6. The molecule has 1 unspecified atom stereocenters. The van der Waals surface area contributed by atoms with Gasteiger partial charge in [0, 0.05) is 51.8 Å². The van der Waals surface area contributed by atoms with Crippen molar-refractivity contribution in [1.82, 2.24) is 14.7 Å². The van der Waals surface area contributed by atoms with Crippen LogP contribution in [0.1, 0.15) is 31.2 Å². The molecule has 33 heavy (non-hydrogen) atoms. The molecule has 1 spiro atoms. The minimum absolute atomic E-state index is 0.00900. The lowest BCUT2D eigenvalue weighted by atomic mass is 9.90. The number of rotatable bonds is 6. The zero-order valence-corrected chi connectivity index (χ0v) is 19.4. The molecule has 0 bridgehead atoms. The SMILES string of the molecule is O=C(C=Cc1ccc(F)c(Cl)c1)N1CCC(=O)N(C[C@@H](O)CN2CCC3(CC3)C(O)C2)CC1. The minimum Gasteiger partial charge on any atom is -0.391 e. The molecule has 1 aliphatic carbocycles. The molecule has 0 aromatic heterocycles. The summed E-state index contributed by atoms with van der Waals surface area (Å²) in [7, 11) is 0. The second-order valence-corrected chi connectivity index (χ2v) is 9.87. The topological polar surface area (TPSA) is 84.3 Å². The van der Waals surface area contributed by atoms with Crippen LogP contribution in [0.4, 0.5) is 4.39 Å². The third-order valence-electron chi connectivity index (χ3n) is 7.12. The fraction of sp³-hybridized carbons (Fsp3) is 0.583. The lowest BCUT2D eigenvalue weighted by Gasteiger charge is -2.37. The van der Waals surface area contributed by atoms with Gasteiger partial charge in [-0.05, 0) is 55.0 Å². The smallest absolute Gasteiger partial charge is 0.246 e. The van der Waals surface area contributed by atoms with E-state index in [0.29, 0.717) is 38.3 Å². The molecule has 2 heterocycles. The highest BCUT2D eigenvalue weighted by molar-refractivity contribution is 6.30. The summed E-state index contributed by atoms with van der Waals surface area (Å²) in [5, 5.41) is 20.9. The highest BCUT2D eigenvalue weighted by atomic mass is 35.5. The van der Waals surface area contributed by atoms with Gasteiger partial charge in [-0.15, -0.1) is 0 Å². The normalized spacial score (nSPS) is 24.4. The first kappa shape index (κ1) is 24.1. The van der Waals surface area contributed by atoms with E-state index in [4.69, 9.17) is 11.6 Å². The van der Waals surface area contributed by atoms with Crippen LogP contribution in [0, 0.1) is 11.2 Å². The van der Waals surface area contributed by atoms with Crippen molar-refractivity contribution in [3.8, 4) is 0 Å². The van der Waals surface area contributed by atoms with Gasteiger partial charge in [-0.3, -0.25) is 14.5 Å². The van der Waals surface area contributed by atoms with E-state index in [-0.39, 0.29) is 41.3 Å².